The molecule has 3 heteroatoms. The Balaban J connectivity index is 1.89. The van der Waals surface area contributed by atoms with Crippen LogP contribution >= 0.6 is 0 Å². The molecule has 1 aliphatic heterocycles. The number of nitrogens with zero attached hydrogens (tertiary/aromatic N) is 1. The molecule has 2 aliphatic rings. The minimum absolute atomic E-state index is 0.133. The van der Waals surface area contributed by atoms with Gasteiger partial charge in [0.05, 0.1) is 6.61 Å². The summed E-state index contributed by atoms with van der Waals surface area (Å²) in [4.78, 5) is 2.20. The van der Waals surface area contributed by atoms with Crippen molar-refractivity contribution in [1.82, 2.24) is 4.90 Å². The SMILES string of the molecule is CN(C)CCCC1(C2C=CC(F)=CC2)OCc2ccccc21. The summed E-state index contributed by atoms with van der Waals surface area (Å²) in [6, 6.07) is 8.47. The Bertz CT molecular complexity index is 593. The number of allylic oxidation sites excluding steroid dienone is 3. The second-order valence-corrected chi connectivity index (χ2v) is 6.53. The van der Waals surface area contributed by atoms with Crippen LogP contribution in [0, 0.1) is 5.92 Å². The summed E-state index contributed by atoms with van der Waals surface area (Å²) < 4.78 is 19.7. The lowest BCUT2D eigenvalue weighted by molar-refractivity contribution is -0.0769. The van der Waals surface area contributed by atoms with Gasteiger partial charge in [-0.05, 0) is 63.2 Å². The summed E-state index contributed by atoms with van der Waals surface area (Å²) in [6.07, 6.45) is 8.01. The lowest BCUT2D eigenvalue weighted by atomic mass is 9.75. The summed E-state index contributed by atoms with van der Waals surface area (Å²) in [5.41, 5.74) is 2.26. The predicted molar refractivity (Wildman–Crippen MR) is 87.1 cm³/mol. The Labute approximate surface area is 132 Å². The minimum Gasteiger partial charge on any atom is -0.365 e. The summed E-state index contributed by atoms with van der Waals surface area (Å²) >= 11 is 0. The minimum atomic E-state index is -0.305. The monoisotopic (exact) mass is 301 g/mol. The van der Waals surface area contributed by atoms with Crippen molar-refractivity contribution < 1.29 is 9.13 Å². The van der Waals surface area contributed by atoms with Crippen molar-refractivity contribution >= 4 is 0 Å². The van der Waals surface area contributed by atoms with Crippen LogP contribution in [0.15, 0.2) is 48.3 Å². The van der Waals surface area contributed by atoms with Gasteiger partial charge < -0.3 is 9.64 Å². The number of fused-ring (bicyclic) bond motifs is 1. The van der Waals surface area contributed by atoms with Gasteiger partial charge in [-0.15, -0.1) is 0 Å². The van der Waals surface area contributed by atoms with Crippen LogP contribution < -0.4 is 0 Å². The fraction of sp³-hybridized carbons (Fsp3) is 0.474. The Morgan fingerprint density at radius 2 is 2.14 bits per heavy atom. The zero-order valence-corrected chi connectivity index (χ0v) is 13.4. The number of ether oxygens (including phenoxy) is 1. The second kappa shape index (κ2) is 6.35. The topological polar surface area (TPSA) is 12.5 Å². The van der Waals surface area contributed by atoms with Crippen molar-refractivity contribution in [1.29, 1.82) is 0 Å². The van der Waals surface area contributed by atoms with E-state index >= 15 is 0 Å². The fourth-order valence-corrected chi connectivity index (χ4v) is 3.64. The van der Waals surface area contributed by atoms with Crippen molar-refractivity contribution in [2.45, 2.75) is 31.5 Å². The van der Waals surface area contributed by atoms with E-state index in [-0.39, 0.29) is 17.3 Å². The van der Waals surface area contributed by atoms with Crippen LogP contribution in [0.25, 0.3) is 0 Å². The van der Waals surface area contributed by atoms with Gasteiger partial charge in [0.2, 0.25) is 0 Å². The van der Waals surface area contributed by atoms with Gasteiger partial charge in [0.1, 0.15) is 11.4 Å². The van der Waals surface area contributed by atoms with Gasteiger partial charge in [-0.25, -0.2) is 4.39 Å². The second-order valence-electron chi connectivity index (χ2n) is 6.53. The molecule has 2 unspecified atom stereocenters. The Morgan fingerprint density at radius 3 is 2.86 bits per heavy atom. The average Bonchev–Trinajstić information content (AvgIpc) is 2.88. The standard InChI is InChI=1S/C19H24FNO/c1-21(2)13-5-12-19(16-8-10-17(20)11-9-16)18-7-4-3-6-15(18)14-22-19/h3-4,6-8,10-11,16H,5,9,12-14H2,1-2H3. The highest BCUT2D eigenvalue weighted by Gasteiger charge is 2.45. The normalized spacial score (nSPS) is 27.1. The van der Waals surface area contributed by atoms with Crippen LogP contribution in [0.4, 0.5) is 4.39 Å². The first-order valence-corrected chi connectivity index (χ1v) is 8.03. The van der Waals surface area contributed by atoms with Gasteiger partial charge in [-0.2, -0.15) is 0 Å². The summed E-state index contributed by atoms with van der Waals surface area (Å²) in [6.45, 7) is 1.70. The van der Waals surface area contributed by atoms with Crippen molar-refractivity contribution in [3.63, 3.8) is 0 Å². The largest absolute Gasteiger partial charge is 0.365 e. The zero-order chi connectivity index (χ0) is 15.6. The van der Waals surface area contributed by atoms with Gasteiger partial charge in [-0.3, -0.25) is 0 Å². The van der Waals surface area contributed by atoms with Gasteiger partial charge in [0.25, 0.3) is 0 Å². The number of benzene rings is 1. The van der Waals surface area contributed by atoms with E-state index in [1.165, 1.54) is 11.1 Å². The Morgan fingerprint density at radius 1 is 1.32 bits per heavy atom. The molecule has 1 aliphatic carbocycles. The van der Waals surface area contributed by atoms with Crippen molar-refractivity contribution in [3.8, 4) is 0 Å². The van der Waals surface area contributed by atoms with E-state index in [0.717, 1.165) is 19.4 Å². The van der Waals surface area contributed by atoms with E-state index in [1.807, 2.05) is 6.08 Å². The molecule has 1 aromatic rings. The maximum atomic E-state index is 13.3. The lowest BCUT2D eigenvalue weighted by Crippen LogP contribution is -2.35. The molecular weight excluding hydrogens is 277 g/mol. The third kappa shape index (κ3) is 2.88. The van der Waals surface area contributed by atoms with E-state index in [4.69, 9.17) is 4.74 Å². The number of hydrogen-bond acceptors (Lipinski definition) is 2. The molecule has 0 saturated heterocycles. The molecule has 2 atom stereocenters. The Kier molecular flexibility index (Phi) is 4.46. The first kappa shape index (κ1) is 15.4. The smallest absolute Gasteiger partial charge is 0.118 e. The summed E-state index contributed by atoms with van der Waals surface area (Å²) in [5, 5.41) is 0. The molecule has 1 aromatic carbocycles. The highest BCUT2D eigenvalue weighted by molar-refractivity contribution is 5.38. The molecule has 0 radical (unpaired) electrons. The van der Waals surface area contributed by atoms with E-state index < -0.39 is 0 Å². The molecule has 1 heterocycles. The molecule has 22 heavy (non-hydrogen) atoms. The molecule has 3 rings (SSSR count). The van der Waals surface area contributed by atoms with E-state index in [0.29, 0.717) is 13.0 Å². The number of rotatable bonds is 5. The molecule has 0 spiro atoms. The Hall–Kier alpha value is -1.45. The van der Waals surface area contributed by atoms with Gasteiger partial charge >= 0.3 is 0 Å². The van der Waals surface area contributed by atoms with Crippen molar-refractivity contribution in [2.24, 2.45) is 5.92 Å². The molecule has 2 nitrogen and oxygen atoms in total. The number of halogens is 1. The first-order chi connectivity index (χ1) is 10.6. The number of hydrogen-bond donors (Lipinski definition) is 0. The van der Waals surface area contributed by atoms with Crippen LogP contribution in [-0.4, -0.2) is 25.5 Å². The van der Waals surface area contributed by atoms with Crippen molar-refractivity contribution in [3.05, 3.63) is 59.4 Å². The maximum Gasteiger partial charge on any atom is 0.118 e. The third-order valence-electron chi connectivity index (χ3n) is 4.77. The highest BCUT2D eigenvalue weighted by Crippen LogP contribution is 2.48. The van der Waals surface area contributed by atoms with Crippen LogP contribution in [0.5, 0.6) is 0 Å². The van der Waals surface area contributed by atoms with Gasteiger partial charge in [-0.1, -0.05) is 30.3 Å². The van der Waals surface area contributed by atoms with E-state index in [1.54, 1.807) is 12.2 Å². The molecule has 0 N–H and O–H groups in total. The van der Waals surface area contributed by atoms with Gasteiger partial charge in [0, 0.05) is 5.92 Å². The van der Waals surface area contributed by atoms with Crippen LogP contribution in [-0.2, 0) is 16.9 Å². The van der Waals surface area contributed by atoms with Crippen LogP contribution in [0.1, 0.15) is 30.4 Å². The molecular formula is C19H24FNO. The first-order valence-electron chi connectivity index (χ1n) is 8.03. The van der Waals surface area contributed by atoms with Gasteiger partial charge in [0.15, 0.2) is 0 Å². The zero-order valence-electron chi connectivity index (χ0n) is 13.4. The molecule has 0 fully saturated rings. The quantitative estimate of drug-likeness (QED) is 0.809. The lowest BCUT2D eigenvalue weighted by Gasteiger charge is -2.37. The molecule has 0 bridgehead atoms. The van der Waals surface area contributed by atoms with Crippen LogP contribution in [0.2, 0.25) is 0 Å². The maximum absolute atomic E-state index is 13.3. The van der Waals surface area contributed by atoms with Crippen LogP contribution in [0.3, 0.4) is 0 Å². The predicted octanol–water partition coefficient (Wildman–Crippen LogP) is 4.18. The summed E-state index contributed by atoms with van der Waals surface area (Å²) in [5.74, 6) is 0.0729. The summed E-state index contributed by atoms with van der Waals surface area (Å²) in [7, 11) is 4.18. The molecule has 0 amide bonds. The van der Waals surface area contributed by atoms with E-state index in [2.05, 4.69) is 43.3 Å². The molecule has 0 aromatic heterocycles. The molecule has 0 saturated carbocycles. The van der Waals surface area contributed by atoms with E-state index in [9.17, 15) is 4.39 Å². The van der Waals surface area contributed by atoms with Crippen molar-refractivity contribution in [2.75, 3.05) is 20.6 Å². The fourth-order valence-electron chi connectivity index (χ4n) is 3.64. The molecule has 118 valence electrons. The highest BCUT2D eigenvalue weighted by atomic mass is 19.1. The average molecular weight is 301 g/mol. The third-order valence-corrected chi connectivity index (χ3v) is 4.77.